The Morgan fingerprint density at radius 1 is 1.03 bits per heavy atom. The highest BCUT2D eigenvalue weighted by molar-refractivity contribution is 6.37. The molecule has 3 heterocycles. The first-order valence-electron chi connectivity index (χ1n) is 11.3. The maximum Gasteiger partial charge on any atom is 0.341 e. The van der Waals surface area contributed by atoms with Gasteiger partial charge in [0.15, 0.2) is 11.4 Å². The predicted octanol–water partition coefficient (Wildman–Crippen LogP) is 6.74. The van der Waals surface area contributed by atoms with Gasteiger partial charge in [0.25, 0.3) is 5.91 Å². The molecular formula is C27H20Cl2N4O4. The van der Waals surface area contributed by atoms with Gasteiger partial charge in [-0.25, -0.2) is 9.48 Å². The Bertz CT molecular complexity index is 1610. The summed E-state index contributed by atoms with van der Waals surface area (Å²) >= 11 is 12.2. The van der Waals surface area contributed by atoms with E-state index < -0.39 is 17.9 Å². The SMILES string of the molecule is CC(C)N(C(=O)c1ccc(Cl)cc1Cl)c1nn(-c2ccc(-c3cc4ncccc4o3)cc2)cc1C(=O)O. The first-order chi connectivity index (χ1) is 17.7. The van der Waals surface area contributed by atoms with Crippen molar-refractivity contribution in [2.45, 2.75) is 19.9 Å². The van der Waals surface area contributed by atoms with E-state index in [1.807, 2.05) is 24.3 Å². The minimum Gasteiger partial charge on any atom is -0.477 e. The Balaban J connectivity index is 1.52. The van der Waals surface area contributed by atoms with E-state index in [-0.39, 0.29) is 22.0 Å². The number of carbonyl (C=O) groups is 2. The van der Waals surface area contributed by atoms with Crippen molar-refractivity contribution < 1.29 is 19.1 Å². The molecule has 1 amide bonds. The molecule has 0 aliphatic carbocycles. The monoisotopic (exact) mass is 534 g/mol. The number of aromatic carboxylic acids is 1. The van der Waals surface area contributed by atoms with Gasteiger partial charge < -0.3 is 9.52 Å². The van der Waals surface area contributed by atoms with Crippen LogP contribution in [0.25, 0.3) is 28.1 Å². The summed E-state index contributed by atoms with van der Waals surface area (Å²) in [6.45, 7) is 3.53. The molecule has 1 N–H and O–H groups in total. The van der Waals surface area contributed by atoms with E-state index in [9.17, 15) is 14.7 Å². The lowest BCUT2D eigenvalue weighted by atomic mass is 10.1. The molecule has 186 valence electrons. The topological polar surface area (TPSA) is 101 Å². The van der Waals surface area contributed by atoms with Crippen LogP contribution in [0.3, 0.4) is 0 Å². The van der Waals surface area contributed by atoms with Crippen LogP contribution in [0.15, 0.2) is 77.5 Å². The van der Waals surface area contributed by atoms with Crippen LogP contribution in [0.1, 0.15) is 34.6 Å². The summed E-state index contributed by atoms with van der Waals surface area (Å²) in [5, 5.41) is 14.9. The predicted molar refractivity (Wildman–Crippen MR) is 142 cm³/mol. The quantitative estimate of drug-likeness (QED) is 0.258. The van der Waals surface area contributed by atoms with Crippen LogP contribution in [0.2, 0.25) is 10.0 Å². The average molecular weight is 535 g/mol. The molecule has 37 heavy (non-hydrogen) atoms. The normalized spacial score (nSPS) is 11.3. The Morgan fingerprint density at radius 2 is 1.78 bits per heavy atom. The molecule has 0 atom stereocenters. The van der Waals surface area contributed by atoms with Gasteiger partial charge in [-0.05, 0) is 68.4 Å². The number of aromatic nitrogens is 3. The standard InChI is InChI=1S/C27H20Cl2N4O4/c1-15(2)33(26(34)19-10-7-17(28)12-21(19)29)25-20(27(35)36)14-32(31-25)18-8-5-16(6-9-18)24-13-22-23(37-24)4-3-11-30-22/h3-15H,1-2H3,(H,35,36). The van der Waals surface area contributed by atoms with Gasteiger partial charge in [0.1, 0.15) is 16.8 Å². The molecule has 3 aromatic heterocycles. The number of benzene rings is 2. The summed E-state index contributed by atoms with van der Waals surface area (Å²) < 4.78 is 7.30. The van der Waals surface area contributed by atoms with Crippen LogP contribution in [0.5, 0.6) is 0 Å². The van der Waals surface area contributed by atoms with Gasteiger partial charge in [-0.1, -0.05) is 23.2 Å². The maximum atomic E-state index is 13.5. The third-order valence-corrected chi connectivity index (χ3v) is 6.30. The summed E-state index contributed by atoms with van der Waals surface area (Å²) in [6, 6.07) is 16.9. The summed E-state index contributed by atoms with van der Waals surface area (Å²) in [4.78, 5) is 31.2. The van der Waals surface area contributed by atoms with Gasteiger partial charge in [-0.2, -0.15) is 0 Å². The molecule has 0 aliphatic heterocycles. The molecule has 0 fully saturated rings. The van der Waals surface area contributed by atoms with Crippen LogP contribution < -0.4 is 4.90 Å². The van der Waals surface area contributed by atoms with Crippen molar-refractivity contribution in [1.82, 2.24) is 14.8 Å². The lowest BCUT2D eigenvalue weighted by molar-refractivity contribution is 0.0697. The second-order valence-corrected chi connectivity index (χ2v) is 9.40. The molecule has 0 saturated heterocycles. The number of pyridine rings is 1. The lowest BCUT2D eigenvalue weighted by Crippen LogP contribution is -2.38. The van der Waals surface area contributed by atoms with E-state index in [0.717, 1.165) is 11.1 Å². The third kappa shape index (κ3) is 4.69. The van der Waals surface area contributed by atoms with E-state index in [1.54, 1.807) is 44.3 Å². The summed E-state index contributed by atoms with van der Waals surface area (Å²) in [5.41, 5.74) is 2.93. The molecule has 0 spiro atoms. The largest absolute Gasteiger partial charge is 0.477 e. The van der Waals surface area contributed by atoms with Crippen molar-refractivity contribution in [2.24, 2.45) is 0 Å². The second kappa shape index (κ2) is 9.72. The molecular weight excluding hydrogens is 515 g/mol. The molecule has 8 nitrogen and oxygen atoms in total. The Kier molecular flexibility index (Phi) is 6.45. The number of hydrogen-bond acceptors (Lipinski definition) is 5. The van der Waals surface area contributed by atoms with Crippen molar-refractivity contribution in [2.75, 3.05) is 4.90 Å². The first kappa shape index (κ1) is 24.5. The van der Waals surface area contributed by atoms with Gasteiger partial charge in [-0.15, -0.1) is 5.10 Å². The fraction of sp³-hybridized carbons (Fsp3) is 0.111. The number of nitrogens with zero attached hydrogens (tertiary/aromatic N) is 4. The molecule has 5 rings (SSSR count). The highest BCUT2D eigenvalue weighted by atomic mass is 35.5. The minimum atomic E-state index is -1.21. The fourth-order valence-corrected chi connectivity index (χ4v) is 4.47. The fourth-order valence-electron chi connectivity index (χ4n) is 3.98. The maximum absolute atomic E-state index is 13.5. The third-order valence-electron chi connectivity index (χ3n) is 5.75. The number of carboxylic acid groups (broad SMARTS) is 1. The number of carbonyl (C=O) groups excluding carboxylic acids is 1. The van der Waals surface area contributed by atoms with Gasteiger partial charge in [0, 0.05) is 35.1 Å². The zero-order valence-electron chi connectivity index (χ0n) is 19.7. The molecule has 0 radical (unpaired) electrons. The molecule has 10 heteroatoms. The van der Waals surface area contributed by atoms with Crippen LogP contribution in [0.4, 0.5) is 5.82 Å². The van der Waals surface area contributed by atoms with E-state index in [1.165, 1.54) is 27.9 Å². The van der Waals surface area contributed by atoms with Crippen molar-refractivity contribution in [1.29, 1.82) is 0 Å². The summed E-state index contributed by atoms with van der Waals surface area (Å²) in [6.07, 6.45) is 3.08. The van der Waals surface area contributed by atoms with Crippen molar-refractivity contribution in [3.8, 4) is 17.0 Å². The number of furan rings is 1. The minimum absolute atomic E-state index is 0.00551. The van der Waals surface area contributed by atoms with Gasteiger partial charge in [0.05, 0.1) is 16.3 Å². The van der Waals surface area contributed by atoms with E-state index in [4.69, 9.17) is 27.6 Å². The number of carboxylic acids is 1. The zero-order chi connectivity index (χ0) is 26.3. The molecule has 2 aromatic carbocycles. The molecule has 0 unspecified atom stereocenters. The molecule has 0 saturated carbocycles. The average Bonchev–Trinajstić information content (AvgIpc) is 3.49. The zero-order valence-corrected chi connectivity index (χ0v) is 21.2. The van der Waals surface area contributed by atoms with E-state index in [2.05, 4.69) is 10.1 Å². The van der Waals surface area contributed by atoms with Crippen LogP contribution in [0, 0.1) is 0 Å². The molecule has 5 aromatic rings. The lowest BCUT2D eigenvalue weighted by Gasteiger charge is -2.25. The van der Waals surface area contributed by atoms with Gasteiger partial charge in [0.2, 0.25) is 0 Å². The van der Waals surface area contributed by atoms with Crippen LogP contribution in [-0.2, 0) is 0 Å². The van der Waals surface area contributed by atoms with Crippen molar-refractivity contribution in [3.63, 3.8) is 0 Å². The Labute approximate surface area is 221 Å². The summed E-state index contributed by atoms with van der Waals surface area (Å²) in [5.74, 6) is -1.04. The number of fused-ring (bicyclic) bond motifs is 1. The second-order valence-electron chi connectivity index (χ2n) is 8.55. The van der Waals surface area contributed by atoms with Crippen LogP contribution >= 0.6 is 23.2 Å². The van der Waals surface area contributed by atoms with Crippen molar-refractivity contribution in [3.05, 3.63) is 94.2 Å². The smallest absolute Gasteiger partial charge is 0.341 e. The number of hydrogen-bond donors (Lipinski definition) is 1. The van der Waals surface area contributed by atoms with Crippen molar-refractivity contribution >= 4 is 52.0 Å². The molecule has 0 aliphatic rings. The number of amides is 1. The first-order valence-corrected chi connectivity index (χ1v) is 12.1. The van der Waals surface area contributed by atoms with Crippen LogP contribution in [-0.4, -0.2) is 37.8 Å². The number of rotatable bonds is 6. The number of halogens is 2. The van der Waals surface area contributed by atoms with Gasteiger partial charge in [-0.3, -0.25) is 14.7 Å². The number of anilines is 1. The Morgan fingerprint density at radius 3 is 2.43 bits per heavy atom. The van der Waals surface area contributed by atoms with Gasteiger partial charge >= 0.3 is 5.97 Å². The molecule has 0 bridgehead atoms. The Hall–Kier alpha value is -4.14. The summed E-state index contributed by atoms with van der Waals surface area (Å²) in [7, 11) is 0. The highest BCUT2D eigenvalue weighted by Gasteiger charge is 2.30. The van der Waals surface area contributed by atoms with E-state index >= 15 is 0 Å². The van der Waals surface area contributed by atoms with E-state index in [0.29, 0.717) is 22.1 Å². The highest BCUT2D eigenvalue weighted by Crippen LogP contribution is 2.30.